The number of carbonyl (C=O) groups is 1. The van der Waals surface area contributed by atoms with Crippen molar-refractivity contribution < 1.29 is 38.0 Å². The Balaban J connectivity index is 2.22. The average Bonchev–Trinajstić information content (AvgIpc) is 2.99. The van der Waals surface area contributed by atoms with Crippen molar-refractivity contribution >= 4 is 17.4 Å². The summed E-state index contributed by atoms with van der Waals surface area (Å²) in [6.45, 7) is 11.6. The largest absolute Gasteiger partial charge is 0.495 e. The van der Waals surface area contributed by atoms with Gasteiger partial charge < -0.3 is 33.2 Å². The SMILES string of the molecule is COc1ccc(C2=C[C@@H](OC(C)(C)C)COc3c2cc(OC)c(OC)c3OC)cc1NC(=O)OC(C)(C)C. The van der Waals surface area contributed by atoms with Crippen LogP contribution < -0.4 is 29.0 Å². The van der Waals surface area contributed by atoms with E-state index in [2.05, 4.69) is 5.32 Å². The van der Waals surface area contributed by atoms with E-state index in [1.807, 2.05) is 45.0 Å². The molecule has 1 amide bonds. The highest BCUT2D eigenvalue weighted by atomic mass is 16.6. The number of amides is 1. The normalized spacial score (nSPS) is 15.3. The molecule has 0 saturated heterocycles. The third-order valence-corrected chi connectivity index (χ3v) is 5.47. The number of rotatable bonds is 7. The van der Waals surface area contributed by atoms with Gasteiger partial charge in [-0.3, -0.25) is 5.32 Å². The molecule has 1 aliphatic rings. The van der Waals surface area contributed by atoms with Crippen molar-refractivity contribution in [3.8, 4) is 28.7 Å². The first-order valence-electron chi connectivity index (χ1n) is 12.3. The highest BCUT2D eigenvalue weighted by Gasteiger charge is 2.30. The van der Waals surface area contributed by atoms with Crippen molar-refractivity contribution in [1.82, 2.24) is 0 Å². The molecule has 1 aliphatic heterocycles. The highest BCUT2D eigenvalue weighted by molar-refractivity contribution is 5.92. The summed E-state index contributed by atoms with van der Waals surface area (Å²) in [6, 6.07) is 7.34. The maximum Gasteiger partial charge on any atom is 0.412 e. The lowest BCUT2D eigenvalue weighted by Crippen LogP contribution is -2.30. The summed E-state index contributed by atoms with van der Waals surface area (Å²) in [5, 5.41) is 2.80. The van der Waals surface area contributed by atoms with Crippen molar-refractivity contribution in [2.45, 2.75) is 58.8 Å². The van der Waals surface area contributed by atoms with Gasteiger partial charge in [-0.25, -0.2) is 4.79 Å². The molecule has 0 radical (unpaired) electrons. The van der Waals surface area contributed by atoms with E-state index < -0.39 is 17.3 Å². The fraction of sp³-hybridized carbons (Fsp3) is 0.483. The first kappa shape index (κ1) is 29.0. The van der Waals surface area contributed by atoms with E-state index in [0.29, 0.717) is 40.0 Å². The predicted molar refractivity (Wildman–Crippen MR) is 146 cm³/mol. The molecule has 1 atom stereocenters. The number of carbonyl (C=O) groups excluding carboxylic acids is 1. The first-order valence-corrected chi connectivity index (χ1v) is 12.3. The van der Waals surface area contributed by atoms with Gasteiger partial charge in [0.2, 0.25) is 11.5 Å². The van der Waals surface area contributed by atoms with Crippen molar-refractivity contribution in [3.63, 3.8) is 0 Å². The van der Waals surface area contributed by atoms with Crippen molar-refractivity contribution in [2.24, 2.45) is 0 Å². The summed E-state index contributed by atoms with van der Waals surface area (Å²) < 4.78 is 40.5. The summed E-state index contributed by atoms with van der Waals surface area (Å²) >= 11 is 0. The van der Waals surface area contributed by atoms with Crippen LogP contribution in [0.4, 0.5) is 10.5 Å². The van der Waals surface area contributed by atoms with Crippen LogP contribution in [0.5, 0.6) is 28.7 Å². The molecule has 0 aliphatic carbocycles. The molecular weight excluding hydrogens is 490 g/mol. The lowest BCUT2D eigenvalue weighted by Gasteiger charge is -2.25. The number of anilines is 1. The van der Waals surface area contributed by atoms with E-state index in [0.717, 1.165) is 11.1 Å². The zero-order valence-electron chi connectivity index (χ0n) is 23.9. The fourth-order valence-corrected chi connectivity index (χ4v) is 4.12. The number of ether oxygens (including phenoxy) is 7. The van der Waals surface area contributed by atoms with Crippen LogP contribution in [0.15, 0.2) is 30.3 Å². The summed E-state index contributed by atoms with van der Waals surface area (Å²) in [5.74, 6) is 2.29. The van der Waals surface area contributed by atoms with E-state index >= 15 is 0 Å². The number of nitrogens with one attached hydrogen (secondary N) is 1. The van der Waals surface area contributed by atoms with Crippen LogP contribution in [-0.2, 0) is 9.47 Å². The molecule has 9 heteroatoms. The van der Waals surface area contributed by atoms with Gasteiger partial charge in [-0.15, -0.1) is 0 Å². The van der Waals surface area contributed by atoms with E-state index in [1.165, 1.54) is 0 Å². The summed E-state index contributed by atoms with van der Waals surface area (Å²) in [6.07, 6.45) is 1.03. The smallest absolute Gasteiger partial charge is 0.412 e. The van der Waals surface area contributed by atoms with Gasteiger partial charge in [-0.2, -0.15) is 0 Å². The minimum Gasteiger partial charge on any atom is -0.495 e. The molecule has 3 rings (SSSR count). The third kappa shape index (κ3) is 6.83. The lowest BCUT2D eigenvalue weighted by atomic mass is 9.94. The van der Waals surface area contributed by atoms with Gasteiger partial charge in [-0.05, 0) is 77.0 Å². The predicted octanol–water partition coefficient (Wildman–Crippen LogP) is 6.08. The van der Waals surface area contributed by atoms with Crippen LogP contribution >= 0.6 is 0 Å². The molecule has 0 unspecified atom stereocenters. The van der Waals surface area contributed by atoms with Crippen LogP contribution in [0.3, 0.4) is 0 Å². The van der Waals surface area contributed by atoms with Crippen molar-refractivity contribution in [1.29, 1.82) is 0 Å². The summed E-state index contributed by atoms with van der Waals surface area (Å²) in [7, 11) is 6.20. The maximum absolute atomic E-state index is 12.6. The molecule has 2 aromatic rings. The minimum atomic E-state index is -0.654. The Bertz CT molecular complexity index is 1190. The van der Waals surface area contributed by atoms with E-state index in [9.17, 15) is 4.79 Å². The Morgan fingerprint density at radius 2 is 1.53 bits per heavy atom. The zero-order valence-corrected chi connectivity index (χ0v) is 23.9. The number of hydrogen-bond donors (Lipinski definition) is 1. The van der Waals surface area contributed by atoms with E-state index in [4.69, 9.17) is 33.2 Å². The van der Waals surface area contributed by atoms with Gasteiger partial charge in [0.15, 0.2) is 11.5 Å². The molecule has 9 nitrogen and oxygen atoms in total. The molecule has 38 heavy (non-hydrogen) atoms. The number of benzene rings is 2. The number of methoxy groups -OCH3 is 4. The lowest BCUT2D eigenvalue weighted by molar-refractivity contribution is -0.0531. The van der Waals surface area contributed by atoms with Gasteiger partial charge >= 0.3 is 6.09 Å². The molecule has 0 fully saturated rings. The van der Waals surface area contributed by atoms with Gasteiger partial charge in [0.1, 0.15) is 24.1 Å². The van der Waals surface area contributed by atoms with Crippen LogP contribution in [0.25, 0.3) is 5.57 Å². The molecule has 0 bridgehead atoms. The Morgan fingerprint density at radius 1 is 0.868 bits per heavy atom. The highest BCUT2D eigenvalue weighted by Crippen LogP contribution is 2.51. The fourth-order valence-electron chi connectivity index (χ4n) is 4.12. The molecule has 2 aromatic carbocycles. The Labute approximate surface area is 225 Å². The molecule has 0 saturated carbocycles. The molecule has 1 heterocycles. The van der Waals surface area contributed by atoms with Crippen LogP contribution in [0.2, 0.25) is 0 Å². The maximum atomic E-state index is 12.6. The minimum absolute atomic E-state index is 0.249. The first-order chi connectivity index (χ1) is 17.8. The average molecular weight is 530 g/mol. The van der Waals surface area contributed by atoms with Gasteiger partial charge in [0.25, 0.3) is 0 Å². The second kappa shape index (κ2) is 11.4. The Hall–Kier alpha value is -3.59. The summed E-state index contributed by atoms with van der Waals surface area (Å²) in [5.41, 5.74) is 1.66. The van der Waals surface area contributed by atoms with Gasteiger partial charge in [0, 0.05) is 5.56 Å². The number of fused-ring (bicyclic) bond motifs is 1. The van der Waals surface area contributed by atoms with Crippen LogP contribution in [0.1, 0.15) is 52.7 Å². The standard InChI is InChI=1S/C29H39NO8/c1-28(2,3)37-18-14-19(20-15-23(33-8)25(34-9)26(35-10)24(20)36-16-18)17-11-12-22(32-7)21(13-17)30-27(31)38-29(4,5)6/h11-15,18H,16H2,1-10H3,(H,30,31)/t18-/m1/s1. The van der Waals surface area contributed by atoms with Crippen molar-refractivity contribution in [2.75, 3.05) is 40.4 Å². The van der Waals surface area contributed by atoms with E-state index in [1.54, 1.807) is 55.3 Å². The van der Waals surface area contributed by atoms with Gasteiger partial charge in [0.05, 0.1) is 39.7 Å². The topological polar surface area (TPSA) is 93.7 Å². The zero-order chi connectivity index (χ0) is 28.3. The second-order valence-electron chi connectivity index (χ2n) is 10.7. The van der Waals surface area contributed by atoms with Crippen LogP contribution in [0, 0.1) is 0 Å². The molecule has 208 valence electrons. The van der Waals surface area contributed by atoms with E-state index in [-0.39, 0.29) is 12.7 Å². The summed E-state index contributed by atoms with van der Waals surface area (Å²) in [4.78, 5) is 12.6. The quantitative estimate of drug-likeness (QED) is 0.462. The Kier molecular flexibility index (Phi) is 8.72. The van der Waals surface area contributed by atoms with Gasteiger partial charge in [-0.1, -0.05) is 6.07 Å². The second-order valence-corrected chi connectivity index (χ2v) is 10.7. The molecule has 1 N–H and O–H groups in total. The monoisotopic (exact) mass is 529 g/mol. The third-order valence-electron chi connectivity index (χ3n) is 5.47. The van der Waals surface area contributed by atoms with Crippen LogP contribution in [-0.4, -0.2) is 58.4 Å². The molecular formula is C29H39NO8. The Morgan fingerprint density at radius 3 is 2.08 bits per heavy atom. The molecule has 0 aromatic heterocycles. The molecule has 0 spiro atoms. The number of hydrogen-bond acceptors (Lipinski definition) is 8. The van der Waals surface area contributed by atoms with Crippen molar-refractivity contribution in [3.05, 3.63) is 41.5 Å².